The van der Waals surface area contributed by atoms with E-state index < -0.39 is 12.0 Å². The van der Waals surface area contributed by atoms with Crippen molar-refractivity contribution < 1.29 is 8.78 Å². The predicted octanol–water partition coefficient (Wildman–Crippen LogP) is 4.13. The Hall–Kier alpha value is -2.65. The quantitative estimate of drug-likeness (QED) is 0.572. The zero-order valence-electron chi connectivity index (χ0n) is 18.3. The predicted molar refractivity (Wildman–Crippen MR) is 120 cm³/mol. The Kier molecular flexibility index (Phi) is 4.88. The summed E-state index contributed by atoms with van der Waals surface area (Å²) >= 11 is 6.28. The standard InChI is InChI=1S/C23H24ClF2N7/c1-14-10-27-11-20(28-14)31-6-4-15(5-7-31)22-30-29-21-13-32(19-9-23(19,25)26)12-16-8-17(24)2-3-18(16)33(21)22/h2-3,8,10-11,15,19H,4-7,9,12-13H2,1H3. The summed E-state index contributed by atoms with van der Waals surface area (Å²) in [6, 6.07) is 4.92. The number of halogens is 3. The van der Waals surface area contributed by atoms with Crippen LogP contribution in [0.4, 0.5) is 14.6 Å². The molecule has 0 bridgehead atoms. The second-order valence-electron chi connectivity index (χ2n) is 9.25. The average molecular weight is 472 g/mol. The van der Waals surface area contributed by atoms with Gasteiger partial charge in [0, 0.05) is 43.2 Å². The van der Waals surface area contributed by atoms with E-state index in [1.54, 1.807) is 12.4 Å². The minimum Gasteiger partial charge on any atom is -0.355 e. The number of benzene rings is 1. The van der Waals surface area contributed by atoms with E-state index >= 15 is 0 Å². The molecule has 7 nitrogen and oxygen atoms in total. The molecule has 0 amide bonds. The van der Waals surface area contributed by atoms with Crippen LogP contribution in [-0.4, -0.2) is 54.7 Å². The molecule has 0 N–H and O–H groups in total. The highest BCUT2D eigenvalue weighted by atomic mass is 35.5. The number of piperidine rings is 1. The summed E-state index contributed by atoms with van der Waals surface area (Å²) in [5.41, 5.74) is 2.77. The first-order chi connectivity index (χ1) is 15.9. The number of aryl methyl sites for hydroxylation is 1. The molecule has 1 saturated heterocycles. The van der Waals surface area contributed by atoms with Gasteiger partial charge in [0.15, 0.2) is 5.82 Å². The Morgan fingerprint density at radius 3 is 2.61 bits per heavy atom. The first-order valence-corrected chi connectivity index (χ1v) is 11.7. The molecule has 2 aliphatic heterocycles. The van der Waals surface area contributed by atoms with Crippen LogP contribution in [0.15, 0.2) is 30.6 Å². The van der Waals surface area contributed by atoms with Crippen molar-refractivity contribution in [1.29, 1.82) is 0 Å². The highest BCUT2D eigenvalue weighted by molar-refractivity contribution is 6.30. The lowest BCUT2D eigenvalue weighted by atomic mass is 9.95. The van der Waals surface area contributed by atoms with Crippen molar-refractivity contribution in [2.24, 2.45) is 0 Å². The number of aromatic nitrogens is 5. The van der Waals surface area contributed by atoms with Gasteiger partial charge in [-0.2, -0.15) is 0 Å². The van der Waals surface area contributed by atoms with E-state index in [1.807, 2.05) is 30.0 Å². The highest BCUT2D eigenvalue weighted by Crippen LogP contribution is 2.47. The van der Waals surface area contributed by atoms with E-state index in [0.29, 0.717) is 23.9 Å². The van der Waals surface area contributed by atoms with Crippen molar-refractivity contribution in [3.63, 3.8) is 0 Å². The molecule has 2 fully saturated rings. The van der Waals surface area contributed by atoms with Crippen molar-refractivity contribution in [1.82, 2.24) is 29.6 Å². The second-order valence-corrected chi connectivity index (χ2v) is 9.69. The molecule has 1 atom stereocenters. The van der Waals surface area contributed by atoms with Gasteiger partial charge in [-0.25, -0.2) is 13.8 Å². The van der Waals surface area contributed by atoms with Crippen LogP contribution >= 0.6 is 11.6 Å². The third kappa shape index (κ3) is 3.77. The lowest BCUT2D eigenvalue weighted by Crippen LogP contribution is -2.34. The molecule has 3 aliphatic rings. The van der Waals surface area contributed by atoms with E-state index in [1.165, 1.54) is 0 Å². The molecule has 1 unspecified atom stereocenters. The maximum Gasteiger partial charge on any atom is 0.265 e. The largest absolute Gasteiger partial charge is 0.355 e. The topological polar surface area (TPSA) is 63.0 Å². The van der Waals surface area contributed by atoms with E-state index in [0.717, 1.165) is 54.5 Å². The minimum absolute atomic E-state index is 0.107. The van der Waals surface area contributed by atoms with Crippen molar-refractivity contribution in [3.8, 4) is 5.69 Å². The van der Waals surface area contributed by atoms with E-state index in [2.05, 4.69) is 29.6 Å². The van der Waals surface area contributed by atoms with Crippen molar-refractivity contribution in [2.75, 3.05) is 18.0 Å². The third-order valence-electron chi connectivity index (χ3n) is 6.92. The fraction of sp³-hybridized carbons (Fsp3) is 0.478. The molecule has 1 aliphatic carbocycles. The molecule has 172 valence electrons. The van der Waals surface area contributed by atoms with Crippen LogP contribution < -0.4 is 4.90 Å². The van der Waals surface area contributed by atoms with E-state index in [9.17, 15) is 8.78 Å². The number of alkyl halides is 2. The van der Waals surface area contributed by atoms with Gasteiger partial charge in [-0.1, -0.05) is 11.6 Å². The van der Waals surface area contributed by atoms with Gasteiger partial charge >= 0.3 is 0 Å². The number of hydrogen-bond acceptors (Lipinski definition) is 6. The number of anilines is 1. The molecule has 4 heterocycles. The summed E-state index contributed by atoms with van der Waals surface area (Å²) in [7, 11) is 0. The zero-order valence-corrected chi connectivity index (χ0v) is 19.0. The van der Waals surface area contributed by atoms with Crippen molar-refractivity contribution in [2.45, 2.75) is 57.2 Å². The van der Waals surface area contributed by atoms with Gasteiger partial charge in [0.2, 0.25) is 0 Å². The Balaban J connectivity index is 1.30. The molecule has 3 aromatic rings. The highest BCUT2D eigenvalue weighted by Gasteiger charge is 2.60. The number of nitrogens with zero attached hydrogens (tertiary/aromatic N) is 7. The Labute approximate surface area is 195 Å². The summed E-state index contributed by atoms with van der Waals surface area (Å²) in [6.45, 7) is 4.40. The maximum absolute atomic E-state index is 13.9. The van der Waals surface area contributed by atoms with Crippen molar-refractivity contribution >= 4 is 17.4 Å². The molecule has 1 aromatic carbocycles. The fourth-order valence-corrected chi connectivity index (χ4v) is 5.29. The summed E-state index contributed by atoms with van der Waals surface area (Å²) in [6.07, 6.45) is 5.26. The minimum atomic E-state index is -2.64. The first-order valence-electron chi connectivity index (χ1n) is 11.3. The number of fused-ring (bicyclic) bond motifs is 3. The molecule has 33 heavy (non-hydrogen) atoms. The average Bonchev–Trinajstić information content (AvgIpc) is 3.30. The zero-order chi connectivity index (χ0) is 22.7. The summed E-state index contributed by atoms with van der Waals surface area (Å²) in [4.78, 5) is 12.9. The molecule has 0 spiro atoms. The van der Waals surface area contributed by atoms with Gasteiger partial charge < -0.3 is 4.90 Å². The third-order valence-corrected chi connectivity index (χ3v) is 7.15. The second kappa shape index (κ2) is 7.70. The SMILES string of the molecule is Cc1cncc(N2CCC(c3nnc4n3-c3ccc(Cl)cc3CN(C3CC3(F)F)C4)CC2)n1. The van der Waals surface area contributed by atoms with Crippen LogP contribution in [0, 0.1) is 6.92 Å². The van der Waals surface area contributed by atoms with Crippen LogP contribution in [0.1, 0.15) is 48.1 Å². The van der Waals surface area contributed by atoms with Gasteiger partial charge in [-0.05, 0) is 43.5 Å². The van der Waals surface area contributed by atoms with Crippen LogP contribution in [0.25, 0.3) is 5.69 Å². The maximum atomic E-state index is 13.9. The van der Waals surface area contributed by atoms with E-state index in [-0.39, 0.29) is 12.3 Å². The molecule has 6 rings (SSSR count). The fourth-order valence-electron chi connectivity index (χ4n) is 5.10. The summed E-state index contributed by atoms with van der Waals surface area (Å²) < 4.78 is 29.9. The molecular formula is C23H24ClF2N7. The van der Waals surface area contributed by atoms with Crippen LogP contribution in [0.5, 0.6) is 0 Å². The monoisotopic (exact) mass is 471 g/mol. The molecule has 2 aromatic heterocycles. The van der Waals surface area contributed by atoms with E-state index in [4.69, 9.17) is 11.6 Å². The lowest BCUT2D eigenvalue weighted by Gasteiger charge is -2.32. The number of hydrogen-bond donors (Lipinski definition) is 0. The van der Waals surface area contributed by atoms with Crippen LogP contribution in [-0.2, 0) is 13.1 Å². The molecule has 10 heteroatoms. The van der Waals surface area contributed by atoms with Crippen LogP contribution in [0.3, 0.4) is 0 Å². The smallest absolute Gasteiger partial charge is 0.265 e. The summed E-state index contributed by atoms with van der Waals surface area (Å²) in [5, 5.41) is 9.63. The van der Waals surface area contributed by atoms with Crippen molar-refractivity contribution in [3.05, 3.63) is 58.5 Å². The van der Waals surface area contributed by atoms with Gasteiger partial charge in [-0.3, -0.25) is 14.5 Å². The van der Waals surface area contributed by atoms with Gasteiger partial charge in [0.25, 0.3) is 5.92 Å². The Morgan fingerprint density at radius 1 is 1.09 bits per heavy atom. The van der Waals surface area contributed by atoms with Crippen LogP contribution in [0.2, 0.25) is 5.02 Å². The lowest BCUT2D eigenvalue weighted by molar-refractivity contribution is 0.0663. The Bertz CT molecular complexity index is 1210. The molecule has 0 radical (unpaired) electrons. The van der Waals surface area contributed by atoms with Gasteiger partial charge in [0.1, 0.15) is 11.6 Å². The summed E-state index contributed by atoms with van der Waals surface area (Å²) in [5.74, 6) is 0.0865. The molecule has 1 saturated carbocycles. The van der Waals surface area contributed by atoms with Gasteiger partial charge in [-0.15, -0.1) is 10.2 Å². The molecular weight excluding hydrogens is 448 g/mol. The van der Waals surface area contributed by atoms with Gasteiger partial charge in [0.05, 0.1) is 30.2 Å². The first kappa shape index (κ1) is 20.9. The Morgan fingerprint density at radius 2 is 1.88 bits per heavy atom. The normalized spacial score (nSPS) is 22.5. The number of rotatable bonds is 3.